The molecule has 0 amide bonds. The molecule has 0 fully saturated rings. The van der Waals surface area contributed by atoms with Crippen LogP contribution >= 0.6 is 0 Å². The minimum absolute atomic E-state index is 0.0179. The molecule has 0 aliphatic heterocycles. The number of hydrogen-bond donors (Lipinski definition) is 1. The van der Waals surface area contributed by atoms with Gasteiger partial charge in [-0.3, -0.25) is 0 Å². The number of furan rings is 1. The minimum atomic E-state index is -0.239. The summed E-state index contributed by atoms with van der Waals surface area (Å²) in [6.45, 7) is 5.82. The summed E-state index contributed by atoms with van der Waals surface area (Å²) in [4.78, 5) is 0. The van der Waals surface area contributed by atoms with Crippen molar-refractivity contribution in [2.45, 2.75) is 26.8 Å². The normalized spacial score (nSPS) is 12.5. The van der Waals surface area contributed by atoms with Gasteiger partial charge in [-0.2, -0.15) is 0 Å². The van der Waals surface area contributed by atoms with Crippen LogP contribution in [0.1, 0.15) is 30.0 Å². The second kappa shape index (κ2) is 4.62. The molecule has 0 spiro atoms. The van der Waals surface area contributed by atoms with E-state index in [1.54, 1.807) is 12.1 Å². The van der Waals surface area contributed by atoms with Crippen LogP contribution < -0.4 is 5.32 Å². The van der Waals surface area contributed by atoms with Crippen molar-refractivity contribution < 1.29 is 8.81 Å². The fourth-order valence-electron chi connectivity index (χ4n) is 1.97. The van der Waals surface area contributed by atoms with Gasteiger partial charge in [0.1, 0.15) is 17.3 Å². The van der Waals surface area contributed by atoms with Crippen LogP contribution in [-0.2, 0) is 0 Å². The zero-order valence-corrected chi connectivity index (χ0v) is 10.3. The van der Waals surface area contributed by atoms with E-state index in [1.807, 2.05) is 32.9 Å². The number of rotatable bonds is 3. The summed E-state index contributed by atoms with van der Waals surface area (Å²) in [5.74, 6) is 1.51. The molecule has 1 unspecified atom stereocenters. The molecule has 1 heterocycles. The highest BCUT2D eigenvalue weighted by Gasteiger charge is 2.13. The molecule has 90 valence electrons. The summed E-state index contributed by atoms with van der Waals surface area (Å²) in [6, 6.07) is 8.67. The molecule has 0 aliphatic carbocycles. The van der Waals surface area contributed by atoms with Gasteiger partial charge in [-0.15, -0.1) is 0 Å². The van der Waals surface area contributed by atoms with E-state index in [4.69, 9.17) is 4.42 Å². The number of benzene rings is 1. The quantitative estimate of drug-likeness (QED) is 0.859. The van der Waals surface area contributed by atoms with Gasteiger partial charge in [0, 0.05) is 5.56 Å². The van der Waals surface area contributed by atoms with Crippen LogP contribution in [0, 0.1) is 19.7 Å². The van der Waals surface area contributed by atoms with Crippen molar-refractivity contribution in [3.63, 3.8) is 0 Å². The van der Waals surface area contributed by atoms with Crippen molar-refractivity contribution in [3.8, 4) is 0 Å². The van der Waals surface area contributed by atoms with Crippen LogP contribution in [0.5, 0.6) is 0 Å². The Balaban J connectivity index is 2.20. The van der Waals surface area contributed by atoms with Gasteiger partial charge in [0.2, 0.25) is 0 Å². The first-order chi connectivity index (χ1) is 8.08. The molecule has 3 heteroatoms. The Morgan fingerprint density at radius 3 is 2.53 bits per heavy atom. The monoisotopic (exact) mass is 233 g/mol. The first kappa shape index (κ1) is 11.7. The van der Waals surface area contributed by atoms with Crippen molar-refractivity contribution in [2.24, 2.45) is 0 Å². The lowest BCUT2D eigenvalue weighted by Gasteiger charge is -2.15. The molecule has 0 bridgehead atoms. The second-order valence-electron chi connectivity index (χ2n) is 4.21. The Bertz CT molecular complexity index is 519. The van der Waals surface area contributed by atoms with E-state index in [0.717, 1.165) is 17.1 Å². The number of aryl methyl sites for hydroxylation is 2. The number of para-hydroxylation sites is 1. The van der Waals surface area contributed by atoms with E-state index in [9.17, 15) is 4.39 Å². The van der Waals surface area contributed by atoms with Gasteiger partial charge >= 0.3 is 0 Å². The van der Waals surface area contributed by atoms with Crippen molar-refractivity contribution in [2.75, 3.05) is 5.32 Å². The summed E-state index contributed by atoms with van der Waals surface area (Å²) in [5, 5.41) is 3.15. The van der Waals surface area contributed by atoms with Crippen LogP contribution in [0.4, 0.5) is 10.1 Å². The van der Waals surface area contributed by atoms with Gasteiger partial charge in [0.15, 0.2) is 0 Å². The number of halogens is 1. The van der Waals surface area contributed by atoms with E-state index in [1.165, 1.54) is 6.07 Å². The highest BCUT2D eigenvalue weighted by molar-refractivity contribution is 5.46. The molecule has 1 atom stereocenters. The maximum absolute atomic E-state index is 13.5. The molecule has 2 rings (SSSR count). The van der Waals surface area contributed by atoms with Crippen molar-refractivity contribution >= 4 is 5.69 Å². The standard InChI is InChI=1S/C14H16FNO/c1-9-8-12(11(3)17-9)10(2)16-14-7-5-4-6-13(14)15/h4-8,10,16H,1-3H3. The van der Waals surface area contributed by atoms with Crippen molar-refractivity contribution in [3.05, 3.63) is 53.2 Å². The predicted molar refractivity (Wildman–Crippen MR) is 66.6 cm³/mol. The third kappa shape index (κ3) is 2.49. The van der Waals surface area contributed by atoms with Crippen LogP contribution in [0.25, 0.3) is 0 Å². The Labute approximate surface area is 100 Å². The van der Waals surface area contributed by atoms with Crippen LogP contribution in [-0.4, -0.2) is 0 Å². The molecule has 2 aromatic rings. The molecule has 0 saturated heterocycles. The van der Waals surface area contributed by atoms with Gasteiger partial charge in [-0.05, 0) is 39.0 Å². The van der Waals surface area contributed by atoms with E-state index in [0.29, 0.717) is 5.69 Å². The molecule has 2 nitrogen and oxygen atoms in total. The molecule has 0 aliphatic rings. The zero-order valence-electron chi connectivity index (χ0n) is 10.3. The molecule has 1 aromatic carbocycles. The topological polar surface area (TPSA) is 25.2 Å². The average Bonchev–Trinajstić information content (AvgIpc) is 2.61. The fourth-order valence-corrected chi connectivity index (χ4v) is 1.97. The molecule has 1 N–H and O–H groups in total. The van der Waals surface area contributed by atoms with E-state index < -0.39 is 0 Å². The molecule has 0 saturated carbocycles. The smallest absolute Gasteiger partial charge is 0.146 e. The summed E-state index contributed by atoms with van der Waals surface area (Å²) < 4.78 is 19.0. The predicted octanol–water partition coefficient (Wildman–Crippen LogP) is 4.21. The van der Waals surface area contributed by atoms with Gasteiger partial charge in [0.25, 0.3) is 0 Å². The summed E-state index contributed by atoms with van der Waals surface area (Å²) >= 11 is 0. The Kier molecular flexibility index (Phi) is 3.18. The summed E-state index contributed by atoms with van der Waals surface area (Å²) in [6.07, 6.45) is 0. The fraction of sp³-hybridized carbons (Fsp3) is 0.286. The minimum Gasteiger partial charge on any atom is -0.466 e. The van der Waals surface area contributed by atoms with E-state index in [2.05, 4.69) is 5.32 Å². The second-order valence-corrected chi connectivity index (χ2v) is 4.21. The van der Waals surface area contributed by atoms with Gasteiger partial charge in [0.05, 0.1) is 11.7 Å². The molecule has 1 aromatic heterocycles. The number of anilines is 1. The number of hydrogen-bond acceptors (Lipinski definition) is 2. The van der Waals surface area contributed by atoms with Gasteiger partial charge in [-0.25, -0.2) is 4.39 Å². The van der Waals surface area contributed by atoms with Crippen molar-refractivity contribution in [1.29, 1.82) is 0 Å². The Hall–Kier alpha value is -1.77. The van der Waals surface area contributed by atoms with Gasteiger partial charge < -0.3 is 9.73 Å². The summed E-state index contributed by atoms with van der Waals surface area (Å²) in [5.41, 5.74) is 1.57. The highest BCUT2D eigenvalue weighted by atomic mass is 19.1. The molecule has 0 radical (unpaired) electrons. The van der Waals surface area contributed by atoms with E-state index >= 15 is 0 Å². The van der Waals surface area contributed by atoms with Crippen molar-refractivity contribution in [1.82, 2.24) is 0 Å². The van der Waals surface area contributed by atoms with Crippen LogP contribution in [0.2, 0.25) is 0 Å². The lowest BCUT2D eigenvalue weighted by atomic mass is 10.1. The lowest BCUT2D eigenvalue weighted by Crippen LogP contribution is -2.08. The van der Waals surface area contributed by atoms with E-state index in [-0.39, 0.29) is 11.9 Å². The molecule has 17 heavy (non-hydrogen) atoms. The third-order valence-corrected chi connectivity index (χ3v) is 2.79. The largest absolute Gasteiger partial charge is 0.466 e. The Morgan fingerprint density at radius 1 is 1.24 bits per heavy atom. The Morgan fingerprint density at radius 2 is 1.94 bits per heavy atom. The maximum atomic E-state index is 13.5. The third-order valence-electron chi connectivity index (χ3n) is 2.79. The lowest BCUT2D eigenvalue weighted by molar-refractivity contribution is 0.499. The SMILES string of the molecule is Cc1cc(C(C)Nc2ccccc2F)c(C)o1. The van der Waals surface area contributed by atoms with Gasteiger partial charge in [-0.1, -0.05) is 12.1 Å². The number of nitrogens with one attached hydrogen (secondary N) is 1. The molecular weight excluding hydrogens is 217 g/mol. The van der Waals surface area contributed by atoms with Crippen LogP contribution in [0.15, 0.2) is 34.7 Å². The van der Waals surface area contributed by atoms with Crippen LogP contribution in [0.3, 0.4) is 0 Å². The molecular formula is C14H16FNO. The average molecular weight is 233 g/mol. The maximum Gasteiger partial charge on any atom is 0.146 e. The first-order valence-corrected chi connectivity index (χ1v) is 5.66. The zero-order chi connectivity index (χ0) is 12.4. The summed E-state index contributed by atoms with van der Waals surface area (Å²) in [7, 11) is 0. The highest BCUT2D eigenvalue weighted by Crippen LogP contribution is 2.25. The first-order valence-electron chi connectivity index (χ1n) is 5.66.